The number of fused-ring (bicyclic) bond motifs is 4. The zero-order valence-corrected chi connectivity index (χ0v) is 14.5. The van der Waals surface area contributed by atoms with E-state index in [1.807, 2.05) is 60.7 Å². The average molecular weight is 358 g/mol. The summed E-state index contributed by atoms with van der Waals surface area (Å²) in [5, 5.41) is 4.00. The van der Waals surface area contributed by atoms with Crippen molar-refractivity contribution in [2.45, 2.75) is 6.61 Å². The molecule has 126 valence electrons. The van der Waals surface area contributed by atoms with Gasteiger partial charge in [0.25, 0.3) is 5.91 Å². The number of aromatic nitrogens is 1. The molecule has 0 aliphatic carbocycles. The second-order valence-corrected chi connectivity index (χ2v) is 7.14. The van der Waals surface area contributed by atoms with E-state index < -0.39 is 0 Å². The van der Waals surface area contributed by atoms with E-state index in [-0.39, 0.29) is 5.91 Å². The van der Waals surface area contributed by atoms with E-state index in [1.165, 1.54) is 11.3 Å². The maximum Gasteiger partial charge on any atom is 0.265 e. The lowest BCUT2D eigenvalue weighted by molar-refractivity contribution is 0.103. The molecule has 0 spiro atoms. The Morgan fingerprint density at radius 3 is 2.92 bits per heavy atom. The molecule has 0 radical (unpaired) electrons. The van der Waals surface area contributed by atoms with Gasteiger partial charge in [-0.15, -0.1) is 11.3 Å². The predicted octanol–water partition coefficient (Wildman–Crippen LogP) is 5.11. The molecule has 2 aromatic carbocycles. The topological polar surface area (TPSA) is 51.2 Å². The summed E-state index contributed by atoms with van der Waals surface area (Å²) in [6.45, 7) is 0.492. The molecule has 0 saturated heterocycles. The number of rotatable bonds is 2. The van der Waals surface area contributed by atoms with E-state index in [0.29, 0.717) is 11.5 Å². The van der Waals surface area contributed by atoms with Crippen molar-refractivity contribution in [3.05, 3.63) is 77.3 Å². The van der Waals surface area contributed by atoms with Crippen LogP contribution in [0.1, 0.15) is 15.2 Å². The van der Waals surface area contributed by atoms with Crippen LogP contribution >= 0.6 is 11.3 Å². The fourth-order valence-corrected chi connectivity index (χ4v) is 4.29. The normalized spacial score (nSPS) is 12.2. The van der Waals surface area contributed by atoms with Gasteiger partial charge in [-0.2, -0.15) is 0 Å². The van der Waals surface area contributed by atoms with Crippen LogP contribution in [0.5, 0.6) is 5.75 Å². The summed E-state index contributed by atoms with van der Waals surface area (Å²) in [6.07, 6.45) is 1.73. The Morgan fingerprint density at radius 1 is 1.08 bits per heavy atom. The molecule has 1 aliphatic rings. The van der Waals surface area contributed by atoms with Crippen molar-refractivity contribution in [2.24, 2.45) is 0 Å². The van der Waals surface area contributed by atoms with Gasteiger partial charge >= 0.3 is 0 Å². The molecule has 0 atom stereocenters. The minimum absolute atomic E-state index is 0.125. The van der Waals surface area contributed by atoms with Crippen LogP contribution in [0.15, 0.2) is 66.9 Å². The van der Waals surface area contributed by atoms with Gasteiger partial charge in [-0.1, -0.05) is 30.3 Å². The molecule has 1 aliphatic heterocycles. The SMILES string of the molecule is O=C(Nc1cccc2cccnc12)c1cc2c(s1)-c1ccccc1OC2. The summed E-state index contributed by atoms with van der Waals surface area (Å²) in [5.74, 6) is 0.743. The molecular formula is C21H14N2O2S. The third-order valence-corrected chi connectivity index (χ3v) is 5.64. The Labute approximate surface area is 154 Å². The highest BCUT2D eigenvalue weighted by atomic mass is 32.1. The number of anilines is 1. The lowest BCUT2D eigenvalue weighted by atomic mass is 10.1. The van der Waals surface area contributed by atoms with Crippen molar-refractivity contribution < 1.29 is 9.53 Å². The Morgan fingerprint density at radius 2 is 1.96 bits per heavy atom. The van der Waals surface area contributed by atoms with E-state index >= 15 is 0 Å². The average Bonchev–Trinajstić information content (AvgIpc) is 3.13. The number of hydrogen-bond acceptors (Lipinski definition) is 4. The summed E-state index contributed by atoms with van der Waals surface area (Å²) >= 11 is 1.50. The van der Waals surface area contributed by atoms with Gasteiger partial charge in [-0.05, 0) is 30.3 Å². The van der Waals surface area contributed by atoms with Crippen LogP contribution in [0.4, 0.5) is 5.69 Å². The van der Waals surface area contributed by atoms with Crippen molar-refractivity contribution in [1.29, 1.82) is 0 Å². The zero-order chi connectivity index (χ0) is 17.5. The van der Waals surface area contributed by atoms with E-state index in [1.54, 1.807) is 6.20 Å². The summed E-state index contributed by atoms with van der Waals surface area (Å²) in [7, 11) is 0. The van der Waals surface area contributed by atoms with Crippen LogP contribution in [0.3, 0.4) is 0 Å². The minimum Gasteiger partial charge on any atom is -0.488 e. The molecule has 4 nitrogen and oxygen atoms in total. The fourth-order valence-electron chi connectivity index (χ4n) is 3.20. The molecule has 5 heteroatoms. The van der Waals surface area contributed by atoms with Gasteiger partial charge in [0.15, 0.2) is 0 Å². The third-order valence-electron chi connectivity index (χ3n) is 4.43. The zero-order valence-electron chi connectivity index (χ0n) is 13.7. The third kappa shape index (κ3) is 2.45. The first-order valence-electron chi connectivity index (χ1n) is 8.29. The van der Waals surface area contributed by atoms with Crippen LogP contribution in [0.2, 0.25) is 0 Å². The van der Waals surface area contributed by atoms with Gasteiger partial charge in [0.1, 0.15) is 12.4 Å². The Bertz CT molecular complexity index is 1140. The second-order valence-electron chi connectivity index (χ2n) is 6.08. The van der Waals surface area contributed by atoms with Gasteiger partial charge in [-0.25, -0.2) is 0 Å². The van der Waals surface area contributed by atoms with Crippen LogP contribution < -0.4 is 10.1 Å². The molecule has 0 fully saturated rings. The van der Waals surface area contributed by atoms with Crippen molar-refractivity contribution in [3.63, 3.8) is 0 Å². The number of pyridine rings is 1. The highest BCUT2D eigenvalue weighted by molar-refractivity contribution is 7.17. The standard InChI is InChI=1S/C21H14N2O2S/c24-21(23-16-8-3-5-13-6-4-10-22-19(13)16)18-11-14-12-25-17-9-2-1-7-15(17)20(14)26-18/h1-11H,12H2,(H,23,24). The molecule has 26 heavy (non-hydrogen) atoms. The van der Waals surface area contributed by atoms with Gasteiger partial charge in [0, 0.05) is 27.6 Å². The first-order chi connectivity index (χ1) is 12.8. The van der Waals surface area contributed by atoms with Gasteiger partial charge in [-0.3, -0.25) is 9.78 Å². The first-order valence-corrected chi connectivity index (χ1v) is 9.11. The molecular weight excluding hydrogens is 344 g/mol. The molecule has 1 amide bonds. The first kappa shape index (κ1) is 15.1. The van der Waals surface area contributed by atoms with Crippen LogP contribution in [-0.2, 0) is 6.61 Å². The predicted molar refractivity (Wildman–Crippen MR) is 104 cm³/mol. The number of nitrogens with one attached hydrogen (secondary N) is 1. The number of benzene rings is 2. The maximum atomic E-state index is 12.8. The van der Waals surface area contributed by atoms with E-state index in [4.69, 9.17) is 4.74 Å². The number of para-hydroxylation sites is 2. The number of carbonyl (C=O) groups excluding carboxylic acids is 1. The molecule has 0 unspecified atom stereocenters. The molecule has 0 saturated carbocycles. The van der Waals surface area contributed by atoms with E-state index in [9.17, 15) is 4.79 Å². The molecule has 3 heterocycles. The van der Waals surface area contributed by atoms with Gasteiger partial charge in [0.05, 0.1) is 16.1 Å². The summed E-state index contributed by atoms with van der Waals surface area (Å²) in [5.41, 5.74) is 3.61. The number of hydrogen-bond donors (Lipinski definition) is 1. The number of carbonyl (C=O) groups is 1. The lowest BCUT2D eigenvalue weighted by Gasteiger charge is -2.16. The summed E-state index contributed by atoms with van der Waals surface area (Å²) in [4.78, 5) is 19.0. The Kier molecular flexibility index (Phi) is 3.47. The van der Waals surface area contributed by atoms with Crippen molar-refractivity contribution >= 4 is 33.8 Å². The van der Waals surface area contributed by atoms with Crippen molar-refractivity contribution in [1.82, 2.24) is 4.98 Å². The maximum absolute atomic E-state index is 12.8. The molecule has 4 aromatic rings. The lowest BCUT2D eigenvalue weighted by Crippen LogP contribution is -2.10. The van der Waals surface area contributed by atoms with Crippen molar-refractivity contribution in [3.8, 4) is 16.2 Å². The number of ether oxygens (including phenoxy) is 1. The monoisotopic (exact) mass is 358 g/mol. The van der Waals surface area contributed by atoms with Crippen molar-refractivity contribution in [2.75, 3.05) is 5.32 Å². The summed E-state index contributed by atoms with van der Waals surface area (Å²) in [6, 6.07) is 19.5. The van der Waals surface area contributed by atoms with Crippen LogP contribution in [0.25, 0.3) is 21.3 Å². The van der Waals surface area contributed by atoms with E-state index in [0.717, 1.165) is 38.3 Å². The summed E-state index contributed by atoms with van der Waals surface area (Å²) < 4.78 is 5.78. The van der Waals surface area contributed by atoms with Gasteiger partial charge in [0.2, 0.25) is 0 Å². The van der Waals surface area contributed by atoms with E-state index in [2.05, 4.69) is 10.3 Å². The minimum atomic E-state index is -0.125. The Balaban J connectivity index is 1.50. The largest absolute Gasteiger partial charge is 0.488 e. The quantitative estimate of drug-likeness (QED) is 0.542. The highest BCUT2D eigenvalue weighted by Crippen LogP contribution is 2.42. The Hall–Kier alpha value is -3.18. The van der Waals surface area contributed by atoms with Crippen LogP contribution in [-0.4, -0.2) is 10.9 Å². The van der Waals surface area contributed by atoms with Crippen LogP contribution in [0, 0.1) is 0 Å². The second kappa shape index (κ2) is 5.97. The van der Waals surface area contributed by atoms with Gasteiger partial charge < -0.3 is 10.1 Å². The number of nitrogens with zero attached hydrogens (tertiary/aromatic N) is 1. The highest BCUT2D eigenvalue weighted by Gasteiger charge is 2.22. The number of thiophene rings is 1. The fraction of sp³-hybridized carbons (Fsp3) is 0.0476. The molecule has 2 aromatic heterocycles. The molecule has 1 N–H and O–H groups in total. The molecule has 5 rings (SSSR count). The molecule has 0 bridgehead atoms. The number of amides is 1. The smallest absolute Gasteiger partial charge is 0.265 e.